The number of fused-ring (bicyclic) bond motifs is 1. The molecular weight excluding hydrogens is 585 g/mol. The second kappa shape index (κ2) is 12.8. The zero-order chi connectivity index (χ0) is 33.3. The zero-order valence-electron chi connectivity index (χ0n) is 25.9. The molecule has 45 heavy (non-hydrogen) atoms. The minimum Gasteiger partial charge on any atom is -0.496 e. The van der Waals surface area contributed by atoms with E-state index in [1.165, 1.54) is 0 Å². The van der Waals surface area contributed by atoms with E-state index in [0.29, 0.717) is 33.2 Å². The van der Waals surface area contributed by atoms with Crippen LogP contribution >= 0.6 is 0 Å². The second-order valence-electron chi connectivity index (χ2n) is 10.9. The Labute approximate surface area is 262 Å². The summed E-state index contributed by atoms with van der Waals surface area (Å²) >= 11 is 0. The molecule has 1 fully saturated rings. The predicted molar refractivity (Wildman–Crippen MR) is 164 cm³/mol. The lowest BCUT2D eigenvalue weighted by Gasteiger charge is -2.47. The Kier molecular flexibility index (Phi) is 9.71. The van der Waals surface area contributed by atoms with E-state index >= 15 is 0 Å². The number of ether oxygens (including phenoxy) is 4. The first-order valence-electron chi connectivity index (χ1n) is 14.0. The molecule has 1 amide bonds. The summed E-state index contributed by atoms with van der Waals surface area (Å²) < 4.78 is 23.7. The minimum atomic E-state index is -3.59. The van der Waals surface area contributed by atoms with Gasteiger partial charge in [0.25, 0.3) is 5.91 Å². The highest BCUT2D eigenvalue weighted by Gasteiger charge is 2.50. The van der Waals surface area contributed by atoms with Gasteiger partial charge in [0.2, 0.25) is 0 Å². The summed E-state index contributed by atoms with van der Waals surface area (Å²) in [4.78, 5) is 16.3. The van der Waals surface area contributed by atoms with Crippen molar-refractivity contribution in [1.82, 2.24) is 14.4 Å². The zero-order valence-corrected chi connectivity index (χ0v) is 25.9. The first-order chi connectivity index (χ1) is 21.0. The van der Waals surface area contributed by atoms with Gasteiger partial charge in [0, 0.05) is 66.1 Å². The molecule has 0 bridgehead atoms. The maximum Gasteiger partial charge on any atom is 0.405 e. The molecule has 2 aliphatic rings. The number of carbonyl (C=O) groups is 1. The molecule has 2 aliphatic heterocycles. The van der Waals surface area contributed by atoms with Crippen LogP contribution in [-0.4, -0.2) is 112 Å². The van der Waals surface area contributed by atoms with Crippen LogP contribution in [0.15, 0.2) is 72.2 Å². The van der Waals surface area contributed by atoms with Crippen LogP contribution in [0.2, 0.25) is 0 Å². The molecule has 240 valence electrons. The number of likely N-dealkylation sites (N-methyl/N-ethyl adjacent to an activating group) is 1. The van der Waals surface area contributed by atoms with Crippen molar-refractivity contribution in [3.63, 3.8) is 0 Å². The number of amides is 1. The molecule has 2 radical (unpaired) electrons. The fourth-order valence-electron chi connectivity index (χ4n) is 5.34. The second-order valence-corrected chi connectivity index (χ2v) is 10.9. The maximum absolute atomic E-state index is 14.0. The summed E-state index contributed by atoms with van der Waals surface area (Å²) in [7, 11) is 10.9. The Balaban J connectivity index is 1.87. The van der Waals surface area contributed by atoms with E-state index in [-0.39, 0.29) is 25.4 Å². The first kappa shape index (κ1) is 34.0. The Hall–Kier alpha value is -3.89. The predicted octanol–water partition coefficient (Wildman–Crippen LogP) is 0.739. The van der Waals surface area contributed by atoms with E-state index in [9.17, 15) is 30.3 Å². The van der Waals surface area contributed by atoms with E-state index in [1.54, 1.807) is 13.2 Å². The number of benzene rings is 1. The van der Waals surface area contributed by atoms with E-state index in [0.717, 1.165) is 16.8 Å². The molecule has 3 heterocycles. The van der Waals surface area contributed by atoms with Gasteiger partial charge in [0.1, 0.15) is 23.7 Å². The quantitative estimate of drug-likeness (QED) is 0.0980. The summed E-state index contributed by atoms with van der Waals surface area (Å²) in [5.74, 6) is -3.23. The fraction of sp³-hybridized carbons (Fsp3) is 0.387. The fourth-order valence-corrected chi connectivity index (χ4v) is 5.34. The van der Waals surface area contributed by atoms with Gasteiger partial charge in [-0.1, -0.05) is 18.7 Å². The summed E-state index contributed by atoms with van der Waals surface area (Å²) in [5.41, 5.74) is 1.92. The SMILES string of the molecule is [B]C(O)(O)N(CC1(OC(O)(O)O)COC1)C(=O)C(=C)C1=C(N(C)C(/C=C\C)=C/C)c2cc(-c3ccn(C)c3)c(OC)cc2OC1. The molecule has 2 aromatic rings. The molecular formula is C31H38BN3O10. The van der Waals surface area contributed by atoms with Crippen LogP contribution in [0.1, 0.15) is 19.4 Å². The number of hydrogen-bond acceptors (Lipinski definition) is 11. The summed E-state index contributed by atoms with van der Waals surface area (Å²) in [5, 5.41) is 49.2. The maximum atomic E-state index is 14.0. The molecule has 4 rings (SSSR count). The van der Waals surface area contributed by atoms with Crippen molar-refractivity contribution in [2.45, 2.75) is 31.4 Å². The Morgan fingerprint density at radius 2 is 1.89 bits per heavy atom. The normalized spacial score (nSPS) is 16.6. The number of aromatic nitrogens is 1. The Morgan fingerprint density at radius 3 is 2.38 bits per heavy atom. The van der Waals surface area contributed by atoms with Crippen LogP contribution in [0.4, 0.5) is 0 Å². The summed E-state index contributed by atoms with van der Waals surface area (Å²) in [6.45, 7) is 6.22. The topological polar surface area (TPSA) is 167 Å². The highest BCUT2D eigenvalue weighted by molar-refractivity contribution is 6.15. The van der Waals surface area contributed by atoms with Crippen LogP contribution in [0.5, 0.6) is 11.5 Å². The molecule has 0 unspecified atom stereocenters. The number of hydrogen-bond donors (Lipinski definition) is 5. The van der Waals surface area contributed by atoms with E-state index in [4.69, 9.17) is 26.8 Å². The van der Waals surface area contributed by atoms with Gasteiger partial charge in [-0.2, -0.15) is 0 Å². The third-order valence-electron chi connectivity index (χ3n) is 7.51. The summed E-state index contributed by atoms with van der Waals surface area (Å²) in [6.07, 6.45) is 5.87. The van der Waals surface area contributed by atoms with Crippen molar-refractivity contribution in [3.8, 4) is 22.6 Å². The van der Waals surface area contributed by atoms with E-state index in [2.05, 4.69) is 6.58 Å². The van der Waals surface area contributed by atoms with E-state index < -0.39 is 30.0 Å². The Bertz CT molecular complexity index is 1540. The van der Waals surface area contributed by atoms with Crippen molar-refractivity contribution < 1.29 is 49.3 Å². The third-order valence-corrected chi connectivity index (χ3v) is 7.51. The van der Waals surface area contributed by atoms with Crippen molar-refractivity contribution in [1.29, 1.82) is 0 Å². The largest absolute Gasteiger partial charge is 0.496 e. The van der Waals surface area contributed by atoms with Crippen LogP contribution < -0.4 is 9.47 Å². The molecule has 0 atom stereocenters. The average molecular weight is 623 g/mol. The van der Waals surface area contributed by atoms with Gasteiger partial charge in [0.05, 0.1) is 32.6 Å². The van der Waals surface area contributed by atoms with Gasteiger partial charge in [-0.3, -0.25) is 14.4 Å². The van der Waals surface area contributed by atoms with Gasteiger partial charge in [0.15, 0.2) is 13.7 Å². The molecule has 0 saturated carbocycles. The highest BCUT2D eigenvalue weighted by atomic mass is 16.9. The number of nitrogens with zero attached hydrogens (tertiary/aromatic N) is 3. The van der Waals surface area contributed by atoms with Crippen LogP contribution in [0, 0.1) is 0 Å². The molecule has 1 saturated heterocycles. The average Bonchev–Trinajstić information content (AvgIpc) is 3.39. The standard InChI is InChI=1S/C31H38BN3O10/c1-7-9-21(8-2)34(5)27-23-12-22(20-10-11-33(4)14-20)25(42-6)13-26(23)44-15-24(27)19(3)28(36)35(30(32,37)38)16-29(17-43-18-29)45-31(39,40)41/h7-14,37-41H,3,15-18H2,1-2,4-6H3/b9-7-,21-8+. The number of rotatable bonds is 12. The van der Waals surface area contributed by atoms with Crippen LogP contribution in [0.3, 0.4) is 0 Å². The minimum absolute atomic E-state index is 0.141. The van der Waals surface area contributed by atoms with Crippen LogP contribution in [-0.2, 0) is 21.3 Å². The first-order valence-corrected chi connectivity index (χ1v) is 14.0. The summed E-state index contributed by atoms with van der Waals surface area (Å²) in [6, 6.07) is 5.58. The van der Waals surface area contributed by atoms with Gasteiger partial charge in [-0.15, -0.1) is 0 Å². The van der Waals surface area contributed by atoms with Gasteiger partial charge in [-0.05, 0) is 32.1 Å². The smallest absolute Gasteiger partial charge is 0.405 e. The number of carbonyl (C=O) groups excluding carboxylic acids is 1. The van der Waals surface area contributed by atoms with Gasteiger partial charge >= 0.3 is 6.16 Å². The lowest BCUT2D eigenvalue weighted by Crippen LogP contribution is -2.67. The number of methoxy groups -OCH3 is 1. The third kappa shape index (κ3) is 7.18. The van der Waals surface area contributed by atoms with Crippen molar-refractivity contribution in [2.75, 3.05) is 40.5 Å². The van der Waals surface area contributed by atoms with Gasteiger partial charge < -0.3 is 49.2 Å². The molecule has 1 aromatic heterocycles. The molecule has 0 spiro atoms. The lowest BCUT2D eigenvalue weighted by molar-refractivity contribution is -0.497. The van der Waals surface area contributed by atoms with Crippen molar-refractivity contribution in [2.24, 2.45) is 7.05 Å². The molecule has 1 aromatic carbocycles. The van der Waals surface area contributed by atoms with E-state index in [1.807, 2.05) is 80.2 Å². The lowest BCUT2D eigenvalue weighted by atomic mass is 9.91. The number of aliphatic hydroxyl groups is 5. The van der Waals surface area contributed by atoms with Crippen LogP contribution in [0.25, 0.3) is 16.8 Å². The highest BCUT2D eigenvalue weighted by Crippen LogP contribution is 2.45. The van der Waals surface area contributed by atoms with Crippen molar-refractivity contribution >= 4 is 19.5 Å². The monoisotopic (exact) mass is 623 g/mol. The molecule has 5 N–H and O–H groups in total. The van der Waals surface area contributed by atoms with Crippen molar-refractivity contribution in [3.05, 3.63) is 77.8 Å². The number of allylic oxidation sites excluding steroid dienone is 3. The molecule has 0 aliphatic carbocycles. The number of aryl methyl sites for hydroxylation is 1. The Morgan fingerprint density at radius 1 is 1.20 bits per heavy atom. The van der Waals surface area contributed by atoms with Gasteiger partial charge in [-0.25, -0.2) is 0 Å². The molecule has 13 nitrogen and oxygen atoms in total. The molecule has 14 heteroatoms.